The fourth-order valence-electron chi connectivity index (χ4n) is 3.86. The number of likely N-dealkylation sites (tertiary alicyclic amines) is 1. The van der Waals surface area contributed by atoms with E-state index in [4.69, 9.17) is 0 Å². The fourth-order valence-corrected chi connectivity index (χ4v) is 3.86. The van der Waals surface area contributed by atoms with Crippen molar-refractivity contribution in [2.75, 3.05) is 13.1 Å². The summed E-state index contributed by atoms with van der Waals surface area (Å²) < 4.78 is 0. The molecule has 0 unspecified atom stereocenters. The van der Waals surface area contributed by atoms with E-state index in [-0.39, 0.29) is 17.7 Å². The van der Waals surface area contributed by atoms with E-state index in [1.165, 1.54) is 12.8 Å². The minimum absolute atomic E-state index is 0.0770. The van der Waals surface area contributed by atoms with Gasteiger partial charge in [0, 0.05) is 25.0 Å². The summed E-state index contributed by atoms with van der Waals surface area (Å²) in [7, 11) is 0. The molecule has 1 aliphatic heterocycles. The predicted molar refractivity (Wildman–Crippen MR) is 94.6 cm³/mol. The molecule has 2 aliphatic rings. The summed E-state index contributed by atoms with van der Waals surface area (Å²) in [4.78, 5) is 26.8. The summed E-state index contributed by atoms with van der Waals surface area (Å²) in [6.07, 6.45) is 6.76. The molecule has 1 saturated heterocycles. The van der Waals surface area contributed by atoms with Crippen molar-refractivity contribution >= 4 is 11.8 Å². The van der Waals surface area contributed by atoms with Crippen molar-refractivity contribution < 1.29 is 9.59 Å². The number of amides is 2. The number of aryl methyl sites for hydroxylation is 1. The standard InChI is InChI=1S/C20H28N2O2/c1-15-6-2-3-7-17(15)14-19(23)22-12-10-16(11-13-22)20(24)21-18-8-4-5-9-18/h2-3,6-7,16,18H,4-5,8-14H2,1H3,(H,21,24). The number of nitrogens with zero attached hydrogens (tertiary/aromatic N) is 1. The van der Waals surface area contributed by atoms with Gasteiger partial charge in [0.05, 0.1) is 6.42 Å². The molecule has 3 rings (SSSR count). The number of piperidine rings is 1. The molecule has 1 aromatic rings. The largest absolute Gasteiger partial charge is 0.353 e. The van der Waals surface area contributed by atoms with Crippen LogP contribution in [0.2, 0.25) is 0 Å². The topological polar surface area (TPSA) is 49.4 Å². The van der Waals surface area contributed by atoms with Gasteiger partial charge in [-0.15, -0.1) is 0 Å². The highest BCUT2D eigenvalue weighted by atomic mass is 16.2. The highest BCUT2D eigenvalue weighted by Crippen LogP contribution is 2.22. The molecular weight excluding hydrogens is 300 g/mol. The van der Waals surface area contributed by atoms with E-state index in [2.05, 4.69) is 5.32 Å². The molecule has 4 nitrogen and oxygen atoms in total. The van der Waals surface area contributed by atoms with Crippen molar-refractivity contribution in [2.24, 2.45) is 5.92 Å². The first-order valence-electron chi connectivity index (χ1n) is 9.26. The molecular formula is C20H28N2O2. The van der Waals surface area contributed by atoms with E-state index < -0.39 is 0 Å². The first kappa shape index (κ1) is 17.0. The Bertz CT molecular complexity index is 585. The quantitative estimate of drug-likeness (QED) is 0.924. The fraction of sp³-hybridized carbons (Fsp3) is 0.600. The molecule has 1 aromatic carbocycles. The van der Waals surface area contributed by atoms with Gasteiger partial charge in [0.15, 0.2) is 0 Å². The average Bonchev–Trinajstić information content (AvgIpc) is 3.10. The van der Waals surface area contributed by atoms with Crippen molar-refractivity contribution in [3.63, 3.8) is 0 Å². The molecule has 1 N–H and O–H groups in total. The summed E-state index contributed by atoms with van der Waals surface area (Å²) in [6.45, 7) is 3.45. The Labute approximate surface area is 144 Å². The first-order chi connectivity index (χ1) is 11.6. The van der Waals surface area contributed by atoms with E-state index >= 15 is 0 Å². The van der Waals surface area contributed by atoms with E-state index in [9.17, 15) is 9.59 Å². The maximum absolute atomic E-state index is 12.5. The van der Waals surface area contributed by atoms with Gasteiger partial charge in [-0.25, -0.2) is 0 Å². The van der Waals surface area contributed by atoms with Gasteiger partial charge in [0.2, 0.25) is 11.8 Å². The SMILES string of the molecule is Cc1ccccc1CC(=O)N1CCC(C(=O)NC2CCCC2)CC1. The van der Waals surface area contributed by atoms with Crippen LogP contribution in [-0.2, 0) is 16.0 Å². The smallest absolute Gasteiger partial charge is 0.226 e. The molecule has 0 bridgehead atoms. The van der Waals surface area contributed by atoms with Gasteiger partial charge in [0.25, 0.3) is 0 Å². The number of carbonyl (C=O) groups excluding carboxylic acids is 2. The van der Waals surface area contributed by atoms with Crippen molar-refractivity contribution in [1.82, 2.24) is 10.2 Å². The molecule has 130 valence electrons. The number of benzene rings is 1. The van der Waals surface area contributed by atoms with Gasteiger partial charge in [0.1, 0.15) is 0 Å². The Morgan fingerprint density at radius 1 is 1.08 bits per heavy atom. The predicted octanol–water partition coefficient (Wildman–Crippen LogP) is 2.83. The van der Waals surface area contributed by atoms with Crippen LogP contribution in [-0.4, -0.2) is 35.8 Å². The zero-order chi connectivity index (χ0) is 16.9. The summed E-state index contributed by atoms with van der Waals surface area (Å²) in [5.41, 5.74) is 2.26. The summed E-state index contributed by atoms with van der Waals surface area (Å²) in [5, 5.41) is 3.20. The number of carbonyl (C=O) groups is 2. The Balaban J connectivity index is 1.46. The summed E-state index contributed by atoms with van der Waals surface area (Å²) >= 11 is 0. The van der Waals surface area contributed by atoms with Crippen LogP contribution in [0.15, 0.2) is 24.3 Å². The van der Waals surface area contributed by atoms with Crippen LogP contribution in [0.5, 0.6) is 0 Å². The highest BCUT2D eigenvalue weighted by Gasteiger charge is 2.29. The average molecular weight is 328 g/mol. The molecule has 2 fully saturated rings. The lowest BCUT2D eigenvalue weighted by Crippen LogP contribution is -2.45. The minimum atomic E-state index is 0.0770. The molecule has 2 amide bonds. The minimum Gasteiger partial charge on any atom is -0.353 e. The third-order valence-electron chi connectivity index (χ3n) is 5.52. The summed E-state index contributed by atoms with van der Waals surface area (Å²) in [6, 6.07) is 8.43. The monoisotopic (exact) mass is 328 g/mol. The maximum atomic E-state index is 12.5. The van der Waals surface area contributed by atoms with Crippen LogP contribution < -0.4 is 5.32 Å². The first-order valence-corrected chi connectivity index (χ1v) is 9.26. The Morgan fingerprint density at radius 2 is 1.75 bits per heavy atom. The van der Waals surface area contributed by atoms with E-state index in [1.54, 1.807) is 0 Å². The van der Waals surface area contributed by atoms with E-state index in [0.29, 0.717) is 25.6 Å². The number of nitrogens with one attached hydrogen (secondary N) is 1. The molecule has 4 heteroatoms. The molecule has 0 atom stereocenters. The molecule has 1 saturated carbocycles. The van der Waals surface area contributed by atoms with Crippen LogP contribution in [0.3, 0.4) is 0 Å². The van der Waals surface area contributed by atoms with Crippen LogP contribution in [0.4, 0.5) is 0 Å². The van der Waals surface area contributed by atoms with Gasteiger partial charge in [-0.2, -0.15) is 0 Å². The second-order valence-electron chi connectivity index (χ2n) is 7.25. The summed E-state index contributed by atoms with van der Waals surface area (Å²) in [5.74, 6) is 0.458. The maximum Gasteiger partial charge on any atom is 0.226 e. The van der Waals surface area contributed by atoms with Gasteiger partial charge in [-0.3, -0.25) is 9.59 Å². The third-order valence-corrected chi connectivity index (χ3v) is 5.52. The van der Waals surface area contributed by atoms with Crippen molar-refractivity contribution in [1.29, 1.82) is 0 Å². The Hall–Kier alpha value is -1.84. The number of hydrogen-bond acceptors (Lipinski definition) is 2. The van der Waals surface area contributed by atoms with Gasteiger partial charge in [-0.05, 0) is 43.7 Å². The van der Waals surface area contributed by atoms with Crippen LogP contribution >= 0.6 is 0 Å². The number of hydrogen-bond donors (Lipinski definition) is 1. The lowest BCUT2D eigenvalue weighted by molar-refractivity contribution is -0.135. The van der Waals surface area contributed by atoms with Gasteiger partial charge in [-0.1, -0.05) is 37.1 Å². The Kier molecular flexibility index (Phi) is 5.54. The van der Waals surface area contributed by atoms with Crippen molar-refractivity contribution in [3.05, 3.63) is 35.4 Å². The second kappa shape index (κ2) is 7.82. The van der Waals surface area contributed by atoms with Crippen molar-refractivity contribution in [2.45, 2.75) is 57.9 Å². The highest BCUT2D eigenvalue weighted by molar-refractivity contribution is 5.81. The van der Waals surface area contributed by atoms with Gasteiger partial charge >= 0.3 is 0 Å². The molecule has 1 heterocycles. The molecule has 0 spiro atoms. The lowest BCUT2D eigenvalue weighted by atomic mass is 9.94. The molecule has 0 aromatic heterocycles. The zero-order valence-corrected chi connectivity index (χ0v) is 14.6. The molecule has 0 radical (unpaired) electrons. The van der Waals surface area contributed by atoms with Gasteiger partial charge < -0.3 is 10.2 Å². The third kappa shape index (κ3) is 4.16. The molecule has 24 heavy (non-hydrogen) atoms. The van der Waals surface area contributed by atoms with Crippen LogP contribution in [0.1, 0.15) is 49.7 Å². The van der Waals surface area contributed by atoms with Crippen LogP contribution in [0, 0.1) is 12.8 Å². The van der Waals surface area contributed by atoms with E-state index in [0.717, 1.165) is 36.8 Å². The lowest BCUT2D eigenvalue weighted by Gasteiger charge is -2.32. The van der Waals surface area contributed by atoms with Crippen molar-refractivity contribution in [3.8, 4) is 0 Å². The van der Waals surface area contributed by atoms with E-state index in [1.807, 2.05) is 36.1 Å². The normalized spacial score (nSPS) is 19.5. The molecule has 1 aliphatic carbocycles. The second-order valence-corrected chi connectivity index (χ2v) is 7.25. The Morgan fingerprint density at radius 3 is 2.42 bits per heavy atom. The number of rotatable bonds is 4. The zero-order valence-electron chi connectivity index (χ0n) is 14.6. The van der Waals surface area contributed by atoms with Crippen LogP contribution in [0.25, 0.3) is 0 Å².